The number of thioether (sulfide) groups is 1. The Balaban J connectivity index is 1.82. The summed E-state index contributed by atoms with van der Waals surface area (Å²) in [5.41, 5.74) is 3.67. The van der Waals surface area contributed by atoms with E-state index < -0.39 is 0 Å². The lowest BCUT2D eigenvalue weighted by atomic mass is 10.2. The molecular weight excluding hydrogens is 371 g/mol. The highest BCUT2D eigenvalue weighted by atomic mass is 32.2. The van der Waals surface area contributed by atoms with E-state index in [0.29, 0.717) is 11.1 Å². The summed E-state index contributed by atoms with van der Waals surface area (Å²) in [5.74, 6) is 0.0448. The molecule has 5 nitrogen and oxygen atoms in total. The second-order valence-corrected chi connectivity index (χ2v) is 8.09. The topological polar surface area (TPSA) is 59.8 Å². The molecule has 0 spiro atoms. The Hall–Kier alpha value is -2.19. The number of hydrogen-bond donors (Lipinski definition) is 1. The van der Waals surface area contributed by atoms with Crippen LogP contribution in [0, 0.1) is 26.6 Å². The van der Waals surface area contributed by atoms with E-state index in [0.717, 1.165) is 26.5 Å². The molecule has 0 bridgehead atoms. The van der Waals surface area contributed by atoms with Gasteiger partial charge in [-0.05, 0) is 44.5 Å². The first-order chi connectivity index (χ1) is 12.4. The van der Waals surface area contributed by atoms with Crippen LogP contribution in [-0.2, 0) is 0 Å². The third-order valence-electron chi connectivity index (χ3n) is 4.09. The maximum Gasteiger partial charge on any atom is 0.206 e. The van der Waals surface area contributed by atoms with Gasteiger partial charge in [0, 0.05) is 29.7 Å². The van der Waals surface area contributed by atoms with Crippen LogP contribution in [0.15, 0.2) is 28.6 Å². The Morgan fingerprint density at radius 2 is 2.04 bits per heavy atom. The van der Waals surface area contributed by atoms with Crippen LogP contribution < -0.4 is 5.32 Å². The standard InChI is InChI=1S/C18H19FN4OS2/c1-10-5-6-13(8-15(10)19)23-11(2)7-14(12(23)3)16(24)9-25-18-22-21-17(20-4)26-18/h5-8H,9H2,1-4H3,(H,20,21). The normalized spacial score (nSPS) is 11.0. The highest BCUT2D eigenvalue weighted by Gasteiger charge is 2.18. The first-order valence-electron chi connectivity index (χ1n) is 8.03. The summed E-state index contributed by atoms with van der Waals surface area (Å²) in [6.07, 6.45) is 0. The number of nitrogens with one attached hydrogen (secondary N) is 1. The van der Waals surface area contributed by atoms with E-state index >= 15 is 0 Å². The largest absolute Gasteiger partial charge is 0.363 e. The van der Waals surface area contributed by atoms with Crippen molar-refractivity contribution >= 4 is 34.0 Å². The number of hydrogen-bond acceptors (Lipinski definition) is 6. The Morgan fingerprint density at radius 3 is 2.69 bits per heavy atom. The van der Waals surface area contributed by atoms with E-state index in [2.05, 4.69) is 15.5 Å². The molecule has 0 aliphatic heterocycles. The minimum Gasteiger partial charge on any atom is -0.363 e. The molecule has 136 valence electrons. The zero-order valence-corrected chi connectivity index (χ0v) is 16.6. The van der Waals surface area contributed by atoms with Gasteiger partial charge in [0.05, 0.1) is 5.75 Å². The quantitative estimate of drug-likeness (QED) is 0.499. The molecule has 8 heteroatoms. The molecule has 2 heterocycles. The van der Waals surface area contributed by atoms with Crippen molar-refractivity contribution in [2.75, 3.05) is 18.1 Å². The van der Waals surface area contributed by atoms with Crippen LogP contribution in [0.25, 0.3) is 5.69 Å². The molecule has 0 atom stereocenters. The molecule has 0 aliphatic rings. The van der Waals surface area contributed by atoms with Gasteiger partial charge in [0.2, 0.25) is 5.13 Å². The molecule has 0 unspecified atom stereocenters. The van der Waals surface area contributed by atoms with E-state index in [1.54, 1.807) is 20.0 Å². The summed E-state index contributed by atoms with van der Waals surface area (Å²) in [6, 6.07) is 6.96. The summed E-state index contributed by atoms with van der Waals surface area (Å²) in [7, 11) is 1.78. The lowest BCUT2D eigenvalue weighted by Crippen LogP contribution is -2.06. The van der Waals surface area contributed by atoms with E-state index in [9.17, 15) is 9.18 Å². The van der Waals surface area contributed by atoms with Crippen molar-refractivity contribution in [3.8, 4) is 5.69 Å². The van der Waals surface area contributed by atoms with E-state index in [-0.39, 0.29) is 17.4 Å². The summed E-state index contributed by atoms with van der Waals surface area (Å²) in [4.78, 5) is 12.7. The van der Waals surface area contributed by atoms with Crippen molar-refractivity contribution in [3.05, 3.63) is 52.6 Å². The zero-order valence-electron chi connectivity index (χ0n) is 15.0. The maximum atomic E-state index is 13.9. The Morgan fingerprint density at radius 1 is 1.27 bits per heavy atom. The molecule has 1 N–H and O–H groups in total. The van der Waals surface area contributed by atoms with Gasteiger partial charge in [0.25, 0.3) is 0 Å². The number of carbonyl (C=O) groups is 1. The van der Waals surface area contributed by atoms with Crippen LogP contribution in [0.4, 0.5) is 9.52 Å². The van der Waals surface area contributed by atoms with Gasteiger partial charge in [-0.25, -0.2) is 4.39 Å². The Kier molecular flexibility index (Phi) is 5.43. The van der Waals surface area contributed by atoms with E-state index in [1.165, 1.54) is 29.2 Å². The summed E-state index contributed by atoms with van der Waals surface area (Å²) >= 11 is 2.78. The van der Waals surface area contributed by atoms with Crippen molar-refractivity contribution in [2.45, 2.75) is 25.1 Å². The molecule has 0 aliphatic carbocycles. The van der Waals surface area contributed by atoms with Gasteiger partial charge < -0.3 is 9.88 Å². The second-order valence-electron chi connectivity index (χ2n) is 5.89. The van der Waals surface area contributed by atoms with E-state index in [4.69, 9.17) is 0 Å². The average Bonchev–Trinajstić information content (AvgIpc) is 3.19. The van der Waals surface area contributed by atoms with Gasteiger partial charge in [-0.15, -0.1) is 10.2 Å². The number of ketones is 1. The number of halogens is 1. The first kappa shape index (κ1) is 18.6. The van der Waals surface area contributed by atoms with Gasteiger partial charge in [0.15, 0.2) is 10.1 Å². The minimum absolute atomic E-state index is 0.0168. The smallest absolute Gasteiger partial charge is 0.206 e. The van der Waals surface area contributed by atoms with E-state index in [1.807, 2.05) is 30.5 Å². The molecule has 0 radical (unpaired) electrons. The van der Waals surface area contributed by atoms with Crippen LogP contribution in [0.1, 0.15) is 27.3 Å². The SMILES string of the molecule is CNc1nnc(SCC(=O)c2cc(C)n(-c3ccc(C)c(F)c3)c2C)s1. The first-order valence-corrected chi connectivity index (χ1v) is 9.83. The number of aryl methyl sites for hydroxylation is 2. The van der Waals surface area contributed by atoms with Crippen molar-refractivity contribution in [1.29, 1.82) is 0 Å². The Bertz CT molecular complexity index is 964. The van der Waals surface area contributed by atoms with Crippen LogP contribution in [0.2, 0.25) is 0 Å². The van der Waals surface area contributed by atoms with Gasteiger partial charge in [0.1, 0.15) is 5.82 Å². The monoisotopic (exact) mass is 390 g/mol. The van der Waals surface area contributed by atoms with Gasteiger partial charge in [-0.1, -0.05) is 29.2 Å². The number of carbonyl (C=O) groups excluding carboxylic acids is 1. The van der Waals surface area contributed by atoms with Crippen LogP contribution in [0.5, 0.6) is 0 Å². The van der Waals surface area contributed by atoms with Gasteiger partial charge in [-0.2, -0.15) is 0 Å². The lowest BCUT2D eigenvalue weighted by molar-refractivity contribution is 0.102. The molecule has 3 rings (SSSR count). The summed E-state index contributed by atoms with van der Waals surface area (Å²) < 4.78 is 16.6. The fourth-order valence-electron chi connectivity index (χ4n) is 2.74. The fourth-order valence-corrected chi connectivity index (χ4v) is 4.33. The molecule has 0 fully saturated rings. The van der Waals surface area contributed by atoms with Crippen LogP contribution in [-0.4, -0.2) is 33.3 Å². The highest BCUT2D eigenvalue weighted by Crippen LogP contribution is 2.28. The van der Waals surface area contributed by atoms with Crippen LogP contribution in [0.3, 0.4) is 0 Å². The van der Waals surface area contributed by atoms with Gasteiger partial charge in [-0.3, -0.25) is 4.79 Å². The lowest BCUT2D eigenvalue weighted by Gasteiger charge is -2.11. The third-order valence-corrected chi connectivity index (χ3v) is 6.17. The fraction of sp³-hybridized carbons (Fsp3) is 0.278. The Labute approximate surface area is 159 Å². The molecule has 0 saturated heterocycles. The van der Waals surface area contributed by atoms with Gasteiger partial charge >= 0.3 is 0 Å². The highest BCUT2D eigenvalue weighted by molar-refractivity contribution is 8.01. The number of rotatable bonds is 6. The van der Waals surface area contributed by atoms with Crippen molar-refractivity contribution in [1.82, 2.24) is 14.8 Å². The second kappa shape index (κ2) is 7.59. The number of benzene rings is 1. The molecule has 0 amide bonds. The molecular formula is C18H19FN4OS2. The maximum absolute atomic E-state index is 13.9. The molecule has 1 aromatic carbocycles. The summed E-state index contributed by atoms with van der Waals surface area (Å²) in [6.45, 7) is 5.53. The number of nitrogens with zero attached hydrogens (tertiary/aromatic N) is 3. The van der Waals surface area contributed by atoms with Crippen molar-refractivity contribution < 1.29 is 9.18 Å². The third kappa shape index (κ3) is 3.66. The number of anilines is 1. The number of aromatic nitrogens is 3. The molecule has 26 heavy (non-hydrogen) atoms. The zero-order chi connectivity index (χ0) is 18.8. The predicted molar refractivity (Wildman–Crippen MR) is 104 cm³/mol. The van der Waals surface area contributed by atoms with Crippen molar-refractivity contribution in [2.24, 2.45) is 0 Å². The molecule has 3 aromatic rings. The average molecular weight is 391 g/mol. The molecule has 0 saturated carbocycles. The minimum atomic E-state index is -0.255. The van der Waals surface area contributed by atoms with Crippen LogP contribution >= 0.6 is 23.1 Å². The summed E-state index contributed by atoms with van der Waals surface area (Å²) in [5, 5.41) is 11.6. The predicted octanol–water partition coefficient (Wildman–Crippen LogP) is 4.41. The van der Waals surface area contributed by atoms with Crippen molar-refractivity contribution in [3.63, 3.8) is 0 Å². The molecule has 2 aromatic heterocycles. The number of Topliss-reactive ketones (excluding diaryl/α,β-unsaturated/α-hetero) is 1.